The van der Waals surface area contributed by atoms with Gasteiger partial charge in [0, 0.05) is 37.9 Å². The summed E-state index contributed by atoms with van der Waals surface area (Å²) in [4.78, 5) is 29.4. The maximum atomic E-state index is 12.2. The number of aromatic carboxylic acids is 1. The number of pyridine rings is 1. The maximum Gasteiger partial charge on any atom is 0.336 e. The highest BCUT2D eigenvalue weighted by Crippen LogP contribution is 2.33. The Bertz CT molecular complexity index is 1220. The highest BCUT2D eigenvalue weighted by molar-refractivity contribution is 5.94. The minimum absolute atomic E-state index is 0.0512. The van der Waals surface area contributed by atoms with Gasteiger partial charge in [-0.3, -0.25) is 4.79 Å². The van der Waals surface area contributed by atoms with Crippen LogP contribution in [0.1, 0.15) is 26.3 Å². The molecule has 0 saturated carbocycles. The Morgan fingerprint density at radius 1 is 0.969 bits per heavy atom. The monoisotopic (exact) mass is 433 g/mol. The number of ether oxygens (including phenoxy) is 3. The molecule has 3 rings (SSSR count). The van der Waals surface area contributed by atoms with E-state index < -0.39 is 5.97 Å². The lowest BCUT2D eigenvalue weighted by atomic mass is 10.2. The molecule has 0 radical (unpaired) electrons. The van der Waals surface area contributed by atoms with Gasteiger partial charge in [0.15, 0.2) is 11.5 Å². The number of amides is 1. The summed E-state index contributed by atoms with van der Waals surface area (Å²) in [7, 11) is 4.70. The number of hydrogen-bond donors (Lipinski definition) is 1. The third-order valence-corrected chi connectivity index (χ3v) is 4.24. The fourth-order valence-corrected chi connectivity index (χ4v) is 2.72. The highest BCUT2D eigenvalue weighted by atomic mass is 16.5. The van der Waals surface area contributed by atoms with E-state index in [0.717, 1.165) is 0 Å². The Balaban J connectivity index is 1.96. The molecule has 162 valence electrons. The zero-order valence-corrected chi connectivity index (χ0v) is 17.5. The first kappa shape index (κ1) is 22.1. The lowest BCUT2D eigenvalue weighted by Crippen LogP contribution is -2.21. The van der Waals surface area contributed by atoms with E-state index >= 15 is 0 Å². The van der Waals surface area contributed by atoms with E-state index in [-0.39, 0.29) is 29.0 Å². The van der Waals surface area contributed by atoms with Crippen LogP contribution in [0.15, 0.2) is 54.6 Å². The van der Waals surface area contributed by atoms with E-state index in [4.69, 9.17) is 19.5 Å². The van der Waals surface area contributed by atoms with Crippen molar-refractivity contribution in [2.45, 2.75) is 0 Å². The minimum Gasteiger partial charge on any atom is -0.493 e. The second kappa shape index (κ2) is 9.49. The molecule has 2 aromatic carbocycles. The van der Waals surface area contributed by atoms with Crippen molar-refractivity contribution >= 4 is 11.9 Å². The number of carboxylic acids is 1. The third-order valence-electron chi connectivity index (χ3n) is 4.24. The Morgan fingerprint density at radius 3 is 2.31 bits per heavy atom. The molecule has 1 heterocycles. The third kappa shape index (κ3) is 5.12. The van der Waals surface area contributed by atoms with Crippen molar-refractivity contribution in [2.75, 3.05) is 21.2 Å². The van der Waals surface area contributed by atoms with Gasteiger partial charge < -0.3 is 24.2 Å². The summed E-state index contributed by atoms with van der Waals surface area (Å²) in [5, 5.41) is 18.6. The number of carboxylic acid groups (broad SMARTS) is 1. The average molecular weight is 433 g/mol. The Morgan fingerprint density at radius 2 is 1.69 bits per heavy atom. The molecule has 9 nitrogen and oxygen atoms in total. The molecule has 0 unspecified atom stereocenters. The number of carbonyl (C=O) groups excluding carboxylic acids is 1. The van der Waals surface area contributed by atoms with Gasteiger partial charge in [-0.05, 0) is 30.3 Å². The molecule has 0 aliphatic carbocycles. The summed E-state index contributed by atoms with van der Waals surface area (Å²) in [5.41, 5.74) is 0.603. The Labute approximate surface area is 184 Å². The van der Waals surface area contributed by atoms with Crippen LogP contribution in [0.25, 0.3) is 0 Å². The predicted octanol–water partition coefficient (Wildman–Crippen LogP) is 3.95. The quantitative estimate of drug-likeness (QED) is 0.594. The summed E-state index contributed by atoms with van der Waals surface area (Å²) >= 11 is 0. The van der Waals surface area contributed by atoms with Gasteiger partial charge in [-0.15, -0.1) is 0 Å². The summed E-state index contributed by atoms with van der Waals surface area (Å²) in [6, 6.07) is 15.4. The van der Waals surface area contributed by atoms with E-state index in [1.54, 1.807) is 44.4 Å². The fourth-order valence-electron chi connectivity index (χ4n) is 2.72. The fraction of sp³-hybridized carbons (Fsp3) is 0.130. The van der Waals surface area contributed by atoms with Crippen LogP contribution >= 0.6 is 0 Å². The molecule has 0 fully saturated rings. The van der Waals surface area contributed by atoms with Gasteiger partial charge in [-0.25, -0.2) is 4.79 Å². The van der Waals surface area contributed by atoms with Crippen LogP contribution in [-0.2, 0) is 0 Å². The molecular formula is C23H19N3O6. The molecule has 0 aliphatic heterocycles. The highest BCUT2D eigenvalue weighted by Gasteiger charge is 2.15. The molecule has 9 heteroatoms. The molecule has 32 heavy (non-hydrogen) atoms. The molecule has 3 aromatic rings. The molecule has 0 spiro atoms. The first-order valence-corrected chi connectivity index (χ1v) is 9.31. The lowest BCUT2D eigenvalue weighted by Gasteiger charge is -2.13. The number of hydrogen-bond acceptors (Lipinski definition) is 7. The molecule has 1 aromatic heterocycles. The summed E-state index contributed by atoms with van der Waals surface area (Å²) in [5.74, 6) is -0.733. The van der Waals surface area contributed by atoms with Crippen molar-refractivity contribution in [1.29, 1.82) is 5.26 Å². The lowest BCUT2D eigenvalue weighted by molar-refractivity contribution is 0.0695. The number of methoxy groups -OCH3 is 1. The van der Waals surface area contributed by atoms with Crippen molar-refractivity contribution in [3.05, 3.63) is 71.3 Å². The molecule has 0 aliphatic rings. The van der Waals surface area contributed by atoms with Gasteiger partial charge in [0.05, 0.1) is 24.3 Å². The average Bonchev–Trinajstić information content (AvgIpc) is 2.78. The van der Waals surface area contributed by atoms with E-state index in [1.807, 2.05) is 6.07 Å². The smallest absolute Gasteiger partial charge is 0.336 e. The summed E-state index contributed by atoms with van der Waals surface area (Å²) in [6.45, 7) is 0. The second-order valence-corrected chi connectivity index (χ2v) is 6.75. The Kier molecular flexibility index (Phi) is 6.56. The predicted molar refractivity (Wildman–Crippen MR) is 114 cm³/mol. The van der Waals surface area contributed by atoms with Crippen molar-refractivity contribution in [3.8, 4) is 35.1 Å². The molecule has 0 saturated heterocycles. The zero-order chi connectivity index (χ0) is 23.3. The second-order valence-electron chi connectivity index (χ2n) is 6.75. The number of benzene rings is 2. The van der Waals surface area contributed by atoms with E-state index in [1.165, 1.54) is 36.3 Å². The van der Waals surface area contributed by atoms with Gasteiger partial charge >= 0.3 is 5.97 Å². The summed E-state index contributed by atoms with van der Waals surface area (Å²) in [6.07, 6.45) is 0. The number of aromatic nitrogens is 1. The van der Waals surface area contributed by atoms with Gasteiger partial charge in [0.2, 0.25) is 11.8 Å². The number of carbonyl (C=O) groups is 2. The first-order valence-electron chi connectivity index (χ1n) is 9.31. The minimum atomic E-state index is -1.21. The summed E-state index contributed by atoms with van der Waals surface area (Å²) < 4.78 is 16.7. The van der Waals surface area contributed by atoms with E-state index in [2.05, 4.69) is 4.98 Å². The van der Waals surface area contributed by atoms with Crippen molar-refractivity contribution in [3.63, 3.8) is 0 Å². The van der Waals surface area contributed by atoms with Crippen LogP contribution in [0.3, 0.4) is 0 Å². The number of nitriles is 1. The largest absolute Gasteiger partial charge is 0.493 e. The van der Waals surface area contributed by atoms with Gasteiger partial charge in [-0.1, -0.05) is 6.07 Å². The molecule has 1 N–H and O–H groups in total. The molecule has 1 amide bonds. The maximum absolute atomic E-state index is 12.2. The van der Waals surface area contributed by atoms with Crippen LogP contribution in [0.2, 0.25) is 0 Å². The van der Waals surface area contributed by atoms with Crippen molar-refractivity contribution < 1.29 is 28.9 Å². The van der Waals surface area contributed by atoms with Gasteiger partial charge in [0.25, 0.3) is 5.91 Å². The van der Waals surface area contributed by atoms with Crippen LogP contribution in [-0.4, -0.2) is 48.1 Å². The van der Waals surface area contributed by atoms with E-state index in [0.29, 0.717) is 22.6 Å². The number of rotatable bonds is 7. The van der Waals surface area contributed by atoms with Crippen molar-refractivity contribution in [2.24, 2.45) is 0 Å². The van der Waals surface area contributed by atoms with Crippen LogP contribution < -0.4 is 14.2 Å². The van der Waals surface area contributed by atoms with Gasteiger partial charge in [-0.2, -0.15) is 10.2 Å². The first-order chi connectivity index (χ1) is 15.3. The van der Waals surface area contributed by atoms with E-state index in [9.17, 15) is 14.7 Å². The topological polar surface area (TPSA) is 122 Å². The number of nitrogens with zero attached hydrogens (tertiary/aromatic N) is 3. The van der Waals surface area contributed by atoms with Crippen LogP contribution in [0, 0.1) is 11.3 Å². The van der Waals surface area contributed by atoms with Crippen molar-refractivity contribution in [1.82, 2.24) is 9.88 Å². The Hall–Kier alpha value is -4.58. The standard InChI is InChI=1S/C23H19N3O6/c1-26(2)22(27)15-5-4-6-17(10-15)31-20-11-16(23(28)29)12-21(25-20)32-19-9-14(13-24)7-8-18(19)30-3/h4-12H,1-3H3,(H,28,29). The molecule has 0 atom stereocenters. The normalized spacial score (nSPS) is 10.1. The van der Waals surface area contributed by atoms with Crippen LogP contribution in [0.5, 0.6) is 29.0 Å². The SMILES string of the molecule is COc1ccc(C#N)cc1Oc1cc(C(=O)O)cc(Oc2cccc(C(=O)N(C)C)c2)n1. The molecular weight excluding hydrogens is 414 g/mol. The molecule has 0 bridgehead atoms. The zero-order valence-electron chi connectivity index (χ0n) is 17.5. The van der Waals surface area contributed by atoms with Crippen LogP contribution in [0.4, 0.5) is 0 Å². The van der Waals surface area contributed by atoms with Gasteiger partial charge in [0.1, 0.15) is 5.75 Å².